The van der Waals surface area contributed by atoms with E-state index in [1.165, 1.54) is 34.9 Å². The minimum absolute atomic E-state index is 0.0995. The van der Waals surface area contributed by atoms with E-state index in [4.69, 9.17) is 9.84 Å². The molecule has 0 saturated carbocycles. The molecule has 0 radical (unpaired) electrons. The van der Waals surface area contributed by atoms with E-state index in [1.807, 2.05) is 0 Å². The standard InChI is InChI=1S/C24H16F6N2O4/c25-23(26,27)22-16(4-8-19(31-22)14-1-5-17(6-2-14)36-24(28,29)30)13-35-18-7-3-15-9-10-32(12-21(33)34)20(15)11-18/h1-11H,12-13H2,(H,33,34). The third kappa shape index (κ3) is 5.88. The number of hydrogen-bond donors (Lipinski definition) is 1. The summed E-state index contributed by atoms with van der Waals surface area (Å²) >= 11 is 0. The van der Waals surface area contributed by atoms with Gasteiger partial charge in [0.05, 0.1) is 11.2 Å². The van der Waals surface area contributed by atoms with Crippen LogP contribution in [0.1, 0.15) is 11.3 Å². The van der Waals surface area contributed by atoms with Gasteiger partial charge in [0.25, 0.3) is 0 Å². The Balaban J connectivity index is 1.57. The summed E-state index contributed by atoms with van der Waals surface area (Å²) in [6.45, 7) is -0.772. The highest BCUT2D eigenvalue weighted by molar-refractivity contribution is 5.83. The van der Waals surface area contributed by atoms with Crippen molar-refractivity contribution in [3.8, 4) is 22.8 Å². The number of carboxylic acids is 1. The number of aliphatic carboxylic acids is 1. The summed E-state index contributed by atoms with van der Waals surface area (Å²) in [6, 6.07) is 13.2. The maximum Gasteiger partial charge on any atom is 0.573 e. The van der Waals surface area contributed by atoms with Gasteiger partial charge in [-0.1, -0.05) is 6.07 Å². The highest BCUT2D eigenvalue weighted by Crippen LogP contribution is 2.34. The predicted molar refractivity (Wildman–Crippen MR) is 115 cm³/mol. The third-order valence-corrected chi connectivity index (χ3v) is 5.08. The van der Waals surface area contributed by atoms with Crippen LogP contribution < -0.4 is 9.47 Å². The number of nitrogens with zero attached hydrogens (tertiary/aromatic N) is 2. The fraction of sp³-hybridized carbons (Fsp3) is 0.167. The maximum atomic E-state index is 13.7. The van der Waals surface area contributed by atoms with Crippen LogP contribution in [0.3, 0.4) is 0 Å². The zero-order chi connectivity index (χ0) is 26.1. The highest BCUT2D eigenvalue weighted by atomic mass is 19.4. The Bertz CT molecular complexity index is 1390. The zero-order valence-electron chi connectivity index (χ0n) is 18.1. The molecule has 2 aromatic carbocycles. The molecule has 2 aromatic heterocycles. The van der Waals surface area contributed by atoms with E-state index < -0.39 is 36.6 Å². The van der Waals surface area contributed by atoms with E-state index in [9.17, 15) is 31.1 Å². The largest absolute Gasteiger partial charge is 0.573 e. The molecule has 4 aromatic rings. The lowest BCUT2D eigenvalue weighted by Crippen LogP contribution is -2.17. The molecule has 36 heavy (non-hydrogen) atoms. The van der Waals surface area contributed by atoms with Crippen molar-refractivity contribution < 1.29 is 45.7 Å². The van der Waals surface area contributed by atoms with Gasteiger partial charge in [-0.2, -0.15) is 13.2 Å². The number of hydrogen-bond acceptors (Lipinski definition) is 4. The molecule has 0 aliphatic rings. The summed E-state index contributed by atoms with van der Waals surface area (Å²) in [6.07, 6.45) is -8.14. The Labute approximate surface area is 199 Å². The third-order valence-electron chi connectivity index (χ3n) is 5.08. The molecule has 0 atom stereocenters. The van der Waals surface area contributed by atoms with Crippen molar-refractivity contribution >= 4 is 16.9 Å². The van der Waals surface area contributed by atoms with Gasteiger partial charge < -0.3 is 19.1 Å². The molecular weight excluding hydrogens is 494 g/mol. The lowest BCUT2D eigenvalue weighted by atomic mass is 10.1. The smallest absolute Gasteiger partial charge is 0.489 e. The van der Waals surface area contributed by atoms with Crippen LogP contribution >= 0.6 is 0 Å². The molecule has 0 fully saturated rings. The molecule has 0 aliphatic carbocycles. The van der Waals surface area contributed by atoms with E-state index >= 15 is 0 Å². The van der Waals surface area contributed by atoms with Crippen LogP contribution in [0, 0.1) is 0 Å². The Morgan fingerprint density at radius 3 is 2.25 bits per heavy atom. The number of pyridine rings is 1. The first kappa shape index (κ1) is 24.9. The number of carbonyl (C=O) groups is 1. The second-order valence-corrected chi connectivity index (χ2v) is 7.62. The number of alkyl halides is 6. The Kier molecular flexibility index (Phi) is 6.53. The van der Waals surface area contributed by atoms with Gasteiger partial charge in [0.15, 0.2) is 5.69 Å². The molecule has 0 unspecified atom stereocenters. The molecule has 0 saturated heterocycles. The molecule has 188 valence electrons. The van der Waals surface area contributed by atoms with E-state index in [1.54, 1.807) is 24.4 Å². The second kappa shape index (κ2) is 9.44. The van der Waals surface area contributed by atoms with Gasteiger partial charge in [0.2, 0.25) is 0 Å². The van der Waals surface area contributed by atoms with Crippen molar-refractivity contribution in [2.45, 2.75) is 25.7 Å². The van der Waals surface area contributed by atoms with E-state index in [0.29, 0.717) is 5.52 Å². The lowest BCUT2D eigenvalue weighted by molar-refractivity contribution is -0.274. The monoisotopic (exact) mass is 510 g/mol. The summed E-state index contributed by atoms with van der Waals surface area (Å²) in [7, 11) is 0. The van der Waals surface area contributed by atoms with Gasteiger partial charge in [0, 0.05) is 23.4 Å². The van der Waals surface area contributed by atoms with Crippen LogP contribution in [0.15, 0.2) is 66.9 Å². The fourth-order valence-corrected chi connectivity index (χ4v) is 3.54. The number of aromatic nitrogens is 2. The minimum atomic E-state index is -4.89. The van der Waals surface area contributed by atoms with E-state index in [-0.39, 0.29) is 29.1 Å². The van der Waals surface area contributed by atoms with Gasteiger partial charge in [-0.15, -0.1) is 13.2 Å². The topological polar surface area (TPSA) is 73.6 Å². The van der Waals surface area contributed by atoms with Crippen molar-refractivity contribution in [1.29, 1.82) is 0 Å². The van der Waals surface area contributed by atoms with Crippen molar-refractivity contribution in [2.75, 3.05) is 0 Å². The number of halogens is 6. The first-order valence-corrected chi connectivity index (χ1v) is 10.3. The molecule has 2 heterocycles. The average molecular weight is 510 g/mol. The maximum absolute atomic E-state index is 13.7. The molecule has 0 spiro atoms. The molecule has 0 amide bonds. The Morgan fingerprint density at radius 1 is 0.917 bits per heavy atom. The Morgan fingerprint density at radius 2 is 1.61 bits per heavy atom. The van der Waals surface area contributed by atoms with E-state index in [2.05, 4.69) is 9.72 Å². The van der Waals surface area contributed by atoms with E-state index in [0.717, 1.165) is 17.5 Å². The van der Waals surface area contributed by atoms with Gasteiger partial charge in [-0.25, -0.2) is 4.98 Å². The van der Waals surface area contributed by atoms with Gasteiger partial charge in [0.1, 0.15) is 24.7 Å². The quantitative estimate of drug-likeness (QED) is 0.296. The average Bonchev–Trinajstić information content (AvgIpc) is 3.18. The minimum Gasteiger partial charge on any atom is -0.489 e. The number of benzene rings is 2. The van der Waals surface area contributed by atoms with Crippen molar-refractivity contribution in [2.24, 2.45) is 0 Å². The van der Waals surface area contributed by atoms with Gasteiger partial charge in [-0.3, -0.25) is 4.79 Å². The Hall–Kier alpha value is -4.22. The number of rotatable bonds is 7. The predicted octanol–water partition coefficient (Wildman–Crippen LogP) is 6.28. The number of carboxylic acid groups (broad SMARTS) is 1. The molecule has 6 nitrogen and oxygen atoms in total. The molecule has 0 bridgehead atoms. The van der Waals surface area contributed by atoms with Crippen molar-refractivity contribution in [1.82, 2.24) is 9.55 Å². The van der Waals surface area contributed by atoms with Crippen molar-refractivity contribution in [3.63, 3.8) is 0 Å². The van der Waals surface area contributed by atoms with Crippen LogP contribution in [0.5, 0.6) is 11.5 Å². The van der Waals surface area contributed by atoms with Crippen LogP contribution in [-0.2, 0) is 24.1 Å². The number of fused-ring (bicyclic) bond motifs is 1. The van der Waals surface area contributed by atoms with Gasteiger partial charge >= 0.3 is 18.5 Å². The SMILES string of the molecule is O=C(O)Cn1ccc2ccc(OCc3ccc(-c4ccc(OC(F)(F)F)cc4)nc3C(F)(F)F)cc21. The molecule has 12 heteroatoms. The van der Waals surface area contributed by atoms with Crippen LogP contribution in [0.4, 0.5) is 26.3 Å². The zero-order valence-corrected chi connectivity index (χ0v) is 18.1. The molecule has 1 N–H and O–H groups in total. The summed E-state index contributed by atoms with van der Waals surface area (Å²) < 4.78 is 89.0. The van der Waals surface area contributed by atoms with Crippen LogP contribution in [-0.4, -0.2) is 27.0 Å². The molecular formula is C24H16F6N2O4. The summed E-state index contributed by atoms with van der Waals surface area (Å²) in [5.41, 5.74) is -0.864. The second-order valence-electron chi connectivity index (χ2n) is 7.62. The van der Waals surface area contributed by atoms with Gasteiger partial charge in [-0.05, 0) is 53.9 Å². The fourth-order valence-electron chi connectivity index (χ4n) is 3.54. The summed E-state index contributed by atoms with van der Waals surface area (Å²) in [5.74, 6) is -1.34. The normalized spacial score (nSPS) is 12.1. The lowest BCUT2D eigenvalue weighted by Gasteiger charge is -2.15. The first-order valence-electron chi connectivity index (χ1n) is 10.3. The number of ether oxygens (including phenoxy) is 2. The van der Waals surface area contributed by atoms with Crippen LogP contribution in [0.25, 0.3) is 22.2 Å². The van der Waals surface area contributed by atoms with Crippen LogP contribution in [0.2, 0.25) is 0 Å². The summed E-state index contributed by atoms with van der Waals surface area (Å²) in [4.78, 5) is 14.7. The van der Waals surface area contributed by atoms with Crippen molar-refractivity contribution in [3.05, 3.63) is 78.1 Å². The first-order chi connectivity index (χ1) is 16.9. The summed E-state index contributed by atoms with van der Waals surface area (Å²) in [5, 5.41) is 9.75. The molecule has 0 aliphatic heterocycles. The molecule has 4 rings (SSSR count). The highest BCUT2D eigenvalue weighted by Gasteiger charge is 2.36.